The van der Waals surface area contributed by atoms with Crippen LogP contribution in [0.4, 0.5) is 26.7 Å². The Morgan fingerprint density at radius 3 is 1.78 bits per heavy atom. The van der Waals surface area contributed by atoms with Crippen molar-refractivity contribution < 1.29 is 45.8 Å². The number of methoxy groups -OCH3 is 1. The summed E-state index contributed by atoms with van der Waals surface area (Å²) in [6.45, 7) is 0. The summed E-state index contributed by atoms with van der Waals surface area (Å²) in [6, 6.07) is 2.67. The van der Waals surface area contributed by atoms with Crippen LogP contribution in [0, 0.1) is 29.1 Å². The van der Waals surface area contributed by atoms with Crippen molar-refractivity contribution >= 4 is 23.9 Å². The van der Waals surface area contributed by atoms with Gasteiger partial charge in [0.1, 0.15) is 5.57 Å². The van der Waals surface area contributed by atoms with Crippen LogP contribution in [-0.4, -0.2) is 48.9 Å². The SMILES string of the molecule is COc1cc(C=C2C(=O)N(C)C(=O)N(C)C2=O)ccc1Oc1c(F)c(F)c(F)c(F)c1F. The highest BCUT2D eigenvalue weighted by atomic mass is 19.2. The van der Waals surface area contributed by atoms with E-state index in [1.165, 1.54) is 26.2 Å². The fourth-order valence-corrected chi connectivity index (χ4v) is 2.78. The number of imide groups is 2. The molecule has 2 aromatic rings. The topological polar surface area (TPSA) is 76.2 Å². The predicted octanol–water partition coefficient (Wildman–Crippen LogP) is 3.62. The Hall–Kier alpha value is -3.96. The molecule has 0 unspecified atom stereocenters. The van der Waals surface area contributed by atoms with Crippen LogP contribution in [0.5, 0.6) is 17.2 Å². The molecule has 0 saturated carbocycles. The van der Waals surface area contributed by atoms with Crippen LogP contribution in [0.2, 0.25) is 0 Å². The summed E-state index contributed by atoms with van der Waals surface area (Å²) >= 11 is 0. The lowest BCUT2D eigenvalue weighted by atomic mass is 10.1. The van der Waals surface area contributed by atoms with Gasteiger partial charge in [0.05, 0.1) is 7.11 Å². The standard InChI is InChI=1S/C20H13F5N2O5/c1-26-18(28)9(19(29)27(2)20(26)30)6-8-4-5-10(11(7-8)31-3)32-17-15(24)13(22)12(21)14(23)16(17)25/h4-7H,1-3H3. The Morgan fingerprint density at radius 2 is 1.28 bits per heavy atom. The van der Waals surface area contributed by atoms with Crippen LogP contribution >= 0.6 is 0 Å². The summed E-state index contributed by atoms with van der Waals surface area (Å²) in [5.41, 5.74) is -0.176. The lowest BCUT2D eigenvalue weighted by molar-refractivity contribution is -0.134. The zero-order valence-corrected chi connectivity index (χ0v) is 16.6. The largest absolute Gasteiger partial charge is 0.493 e. The first-order valence-electron chi connectivity index (χ1n) is 8.68. The quantitative estimate of drug-likeness (QED) is 0.231. The maximum atomic E-state index is 13.9. The highest BCUT2D eigenvalue weighted by Crippen LogP contribution is 2.37. The molecule has 0 N–H and O–H groups in total. The van der Waals surface area contributed by atoms with Crippen molar-refractivity contribution in [2.75, 3.05) is 21.2 Å². The maximum Gasteiger partial charge on any atom is 0.333 e. The first-order valence-corrected chi connectivity index (χ1v) is 8.68. The molecule has 0 spiro atoms. The third-order valence-electron chi connectivity index (χ3n) is 4.52. The highest BCUT2D eigenvalue weighted by Gasteiger charge is 2.37. The van der Waals surface area contributed by atoms with E-state index in [4.69, 9.17) is 9.47 Å². The van der Waals surface area contributed by atoms with Crippen LogP contribution in [0.25, 0.3) is 6.08 Å². The van der Waals surface area contributed by atoms with Gasteiger partial charge >= 0.3 is 6.03 Å². The molecule has 0 radical (unpaired) electrons. The van der Waals surface area contributed by atoms with Gasteiger partial charge in [-0.25, -0.2) is 18.0 Å². The Labute approximate surface area is 177 Å². The van der Waals surface area contributed by atoms with Crippen molar-refractivity contribution in [3.05, 3.63) is 58.4 Å². The molecule has 3 rings (SSSR count). The van der Waals surface area contributed by atoms with Gasteiger partial charge in [-0.15, -0.1) is 0 Å². The molecule has 2 aromatic carbocycles. The number of rotatable bonds is 4. The van der Waals surface area contributed by atoms with Gasteiger partial charge in [0.15, 0.2) is 11.5 Å². The number of hydrogen-bond acceptors (Lipinski definition) is 5. The minimum atomic E-state index is -2.34. The molecule has 32 heavy (non-hydrogen) atoms. The first kappa shape index (κ1) is 22.7. The van der Waals surface area contributed by atoms with Crippen LogP contribution in [0.1, 0.15) is 5.56 Å². The number of amides is 4. The summed E-state index contributed by atoms with van der Waals surface area (Å²) < 4.78 is 77.7. The zero-order chi connectivity index (χ0) is 23.9. The Kier molecular flexibility index (Phi) is 5.88. The number of nitrogens with zero attached hydrogens (tertiary/aromatic N) is 2. The average molecular weight is 456 g/mol. The third kappa shape index (κ3) is 3.63. The molecular weight excluding hydrogens is 443 g/mol. The van der Waals surface area contributed by atoms with E-state index in [0.29, 0.717) is 0 Å². The molecule has 1 aliphatic rings. The van der Waals surface area contributed by atoms with E-state index in [9.17, 15) is 36.3 Å². The summed E-state index contributed by atoms with van der Waals surface area (Å²) in [4.78, 5) is 37.8. The van der Waals surface area contributed by atoms with E-state index in [1.54, 1.807) is 0 Å². The number of hydrogen-bond donors (Lipinski definition) is 0. The average Bonchev–Trinajstić information content (AvgIpc) is 2.79. The molecule has 1 aliphatic heterocycles. The van der Waals surface area contributed by atoms with Crippen LogP contribution < -0.4 is 9.47 Å². The van der Waals surface area contributed by atoms with Crippen LogP contribution in [0.15, 0.2) is 23.8 Å². The van der Waals surface area contributed by atoms with Crippen molar-refractivity contribution in [1.82, 2.24) is 9.80 Å². The minimum Gasteiger partial charge on any atom is -0.493 e. The molecule has 0 atom stereocenters. The fraction of sp³-hybridized carbons (Fsp3) is 0.150. The lowest BCUT2D eigenvalue weighted by Gasteiger charge is -2.28. The van der Waals surface area contributed by atoms with Crippen LogP contribution in [0.3, 0.4) is 0 Å². The van der Waals surface area contributed by atoms with Crippen molar-refractivity contribution in [3.63, 3.8) is 0 Å². The number of urea groups is 1. The van der Waals surface area contributed by atoms with E-state index in [0.717, 1.165) is 29.1 Å². The molecule has 1 heterocycles. The van der Waals surface area contributed by atoms with Gasteiger partial charge in [-0.05, 0) is 23.8 Å². The number of ether oxygens (including phenoxy) is 2. The van der Waals surface area contributed by atoms with Gasteiger partial charge in [0.25, 0.3) is 11.8 Å². The van der Waals surface area contributed by atoms with Crippen LogP contribution in [-0.2, 0) is 9.59 Å². The Balaban J connectivity index is 2.01. The fourth-order valence-electron chi connectivity index (χ4n) is 2.78. The van der Waals surface area contributed by atoms with Gasteiger partial charge in [-0.2, -0.15) is 8.78 Å². The van der Waals surface area contributed by atoms with Crippen molar-refractivity contribution in [2.45, 2.75) is 0 Å². The van der Waals surface area contributed by atoms with Gasteiger partial charge in [0.2, 0.25) is 34.8 Å². The van der Waals surface area contributed by atoms with E-state index < -0.39 is 58.4 Å². The van der Waals surface area contributed by atoms with Crippen molar-refractivity contribution in [2.24, 2.45) is 0 Å². The van der Waals surface area contributed by atoms with Gasteiger partial charge in [-0.3, -0.25) is 19.4 Å². The zero-order valence-electron chi connectivity index (χ0n) is 16.6. The number of halogens is 5. The number of benzene rings is 2. The summed E-state index contributed by atoms with van der Waals surface area (Å²) in [6.07, 6.45) is 1.13. The summed E-state index contributed by atoms with van der Waals surface area (Å²) in [7, 11) is 3.50. The third-order valence-corrected chi connectivity index (χ3v) is 4.52. The molecule has 4 amide bonds. The molecule has 7 nitrogen and oxygen atoms in total. The van der Waals surface area contributed by atoms with E-state index in [-0.39, 0.29) is 16.9 Å². The molecule has 1 saturated heterocycles. The molecule has 168 valence electrons. The van der Waals surface area contributed by atoms with E-state index in [2.05, 4.69) is 0 Å². The highest BCUT2D eigenvalue weighted by molar-refractivity contribution is 6.30. The van der Waals surface area contributed by atoms with Gasteiger partial charge in [0, 0.05) is 14.1 Å². The number of likely N-dealkylation sites (N-methyl/N-ethyl adjacent to an activating group) is 2. The minimum absolute atomic E-state index is 0.180. The second-order valence-corrected chi connectivity index (χ2v) is 6.48. The van der Waals surface area contributed by atoms with Crippen molar-refractivity contribution in [1.29, 1.82) is 0 Å². The molecular formula is C20H13F5N2O5. The molecule has 1 fully saturated rings. The van der Waals surface area contributed by atoms with Crippen molar-refractivity contribution in [3.8, 4) is 17.2 Å². The van der Waals surface area contributed by atoms with Gasteiger partial charge in [-0.1, -0.05) is 6.07 Å². The maximum absolute atomic E-state index is 13.9. The second-order valence-electron chi connectivity index (χ2n) is 6.48. The lowest BCUT2D eigenvalue weighted by Crippen LogP contribution is -2.52. The van der Waals surface area contributed by atoms with E-state index >= 15 is 0 Å². The number of carbonyl (C=O) groups is 3. The van der Waals surface area contributed by atoms with E-state index in [1.807, 2.05) is 0 Å². The van der Waals surface area contributed by atoms with Gasteiger partial charge < -0.3 is 9.47 Å². The molecule has 0 bridgehead atoms. The predicted molar refractivity (Wildman–Crippen MR) is 98.2 cm³/mol. The molecule has 12 heteroatoms. The smallest absolute Gasteiger partial charge is 0.333 e. The first-order chi connectivity index (χ1) is 15.0. The molecule has 0 aromatic heterocycles. The Morgan fingerprint density at radius 1 is 0.781 bits per heavy atom. The summed E-state index contributed by atoms with van der Waals surface area (Å²) in [5.74, 6) is -14.9. The second kappa shape index (κ2) is 8.29. The molecule has 0 aliphatic carbocycles. The normalized spacial score (nSPS) is 14.2. The Bertz CT molecular complexity index is 1140. The summed E-state index contributed by atoms with van der Waals surface area (Å²) in [5, 5.41) is 0. The number of carbonyl (C=O) groups excluding carboxylic acids is 3. The number of barbiturate groups is 1. The monoisotopic (exact) mass is 456 g/mol.